The van der Waals surface area contributed by atoms with Gasteiger partial charge in [0, 0.05) is 9.37 Å². The Bertz CT molecular complexity index is 289. The monoisotopic (exact) mass is 273 g/mol. The van der Waals surface area contributed by atoms with Crippen LogP contribution in [0.2, 0.25) is 0 Å². The van der Waals surface area contributed by atoms with E-state index in [2.05, 4.69) is 40.4 Å². The number of unbranched alkanes of at least 4 members (excludes halogenated alkanes) is 1. The van der Waals surface area contributed by atoms with E-state index in [1.165, 1.54) is 21.4 Å². The van der Waals surface area contributed by atoms with Crippen molar-refractivity contribution in [3.8, 4) is 0 Å². The summed E-state index contributed by atoms with van der Waals surface area (Å²) in [6.07, 6.45) is 5.52. The third-order valence-corrected chi connectivity index (χ3v) is 3.85. The first-order chi connectivity index (χ1) is 6.77. The van der Waals surface area contributed by atoms with Gasteiger partial charge in [-0.2, -0.15) is 0 Å². The van der Waals surface area contributed by atoms with Gasteiger partial charge in [-0.05, 0) is 65.7 Å². The molecule has 0 radical (unpaired) electrons. The number of benzene rings is 1. The summed E-state index contributed by atoms with van der Waals surface area (Å²) in [4.78, 5) is 1.30. The number of hydrogen-bond acceptors (Lipinski definition) is 2. The van der Waals surface area contributed by atoms with Crippen LogP contribution < -0.4 is 5.73 Å². The van der Waals surface area contributed by atoms with Gasteiger partial charge in [0.1, 0.15) is 0 Å². The number of thioether (sulfide) groups is 1. The highest BCUT2D eigenvalue weighted by Gasteiger charge is 1.99. The minimum Gasteiger partial charge on any atom is -0.330 e. The lowest BCUT2D eigenvalue weighted by molar-refractivity contribution is 0.744. The summed E-state index contributed by atoms with van der Waals surface area (Å²) in [6, 6.07) is 6.59. The lowest BCUT2D eigenvalue weighted by Crippen LogP contribution is -1.98. The van der Waals surface area contributed by atoms with Gasteiger partial charge in [0.2, 0.25) is 0 Å². The minimum atomic E-state index is 0.796. The van der Waals surface area contributed by atoms with Gasteiger partial charge in [-0.1, -0.05) is 6.07 Å². The van der Waals surface area contributed by atoms with Crippen LogP contribution in [-0.2, 0) is 6.42 Å². The average Bonchev–Trinajstić information content (AvgIpc) is 2.18. The fourth-order valence-corrected chi connectivity index (χ4v) is 2.71. The summed E-state index contributed by atoms with van der Waals surface area (Å²) in [5.74, 6) is 0. The third-order valence-electron chi connectivity index (χ3n) is 2.14. The van der Waals surface area contributed by atoms with Gasteiger partial charge in [0.25, 0.3) is 0 Å². The smallest absolute Gasteiger partial charge is 0.0313 e. The molecular formula is C11H16BrNS. The summed E-state index contributed by atoms with van der Waals surface area (Å²) in [5.41, 5.74) is 6.85. The Balaban J connectivity index is 2.57. The molecule has 78 valence electrons. The number of nitrogens with two attached hydrogens (primary N) is 1. The van der Waals surface area contributed by atoms with E-state index in [9.17, 15) is 0 Å². The van der Waals surface area contributed by atoms with E-state index in [0.29, 0.717) is 0 Å². The quantitative estimate of drug-likeness (QED) is 0.657. The van der Waals surface area contributed by atoms with E-state index in [-0.39, 0.29) is 0 Å². The van der Waals surface area contributed by atoms with Crippen LogP contribution in [0.25, 0.3) is 0 Å². The molecule has 0 aliphatic heterocycles. The number of aryl methyl sites for hydroxylation is 1. The molecule has 1 aromatic carbocycles. The molecule has 0 saturated carbocycles. The molecule has 0 aromatic heterocycles. The van der Waals surface area contributed by atoms with Crippen LogP contribution in [0.5, 0.6) is 0 Å². The van der Waals surface area contributed by atoms with E-state index in [0.717, 1.165) is 19.4 Å². The van der Waals surface area contributed by atoms with Gasteiger partial charge in [0.05, 0.1) is 0 Å². The van der Waals surface area contributed by atoms with Crippen molar-refractivity contribution < 1.29 is 0 Å². The van der Waals surface area contributed by atoms with Crippen molar-refractivity contribution in [1.82, 2.24) is 0 Å². The predicted molar refractivity (Wildman–Crippen MR) is 67.9 cm³/mol. The van der Waals surface area contributed by atoms with E-state index < -0.39 is 0 Å². The van der Waals surface area contributed by atoms with Gasteiger partial charge in [-0.25, -0.2) is 0 Å². The molecule has 3 heteroatoms. The van der Waals surface area contributed by atoms with Crippen molar-refractivity contribution in [3.05, 3.63) is 28.2 Å². The first-order valence-electron chi connectivity index (χ1n) is 4.80. The van der Waals surface area contributed by atoms with Gasteiger partial charge in [-0.15, -0.1) is 11.8 Å². The SMILES string of the molecule is CSc1ccc(CCCCN)cc1Br. The molecule has 2 N–H and O–H groups in total. The molecule has 0 spiro atoms. The zero-order chi connectivity index (χ0) is 10.4. The highest BCUT2D eigenvalue weighted by atomic mass is 79.9. The van der Waals surface area contributed by atoms with Crippen molar-refractivity contribution in [2.75, 3.05) is 12.8 Å². The second kappa shape index (κ2) is 6.49. The third kappa shape index (κ3) is 3.64. The summed E-state index contributed by atoms with van der Waals surface area (Å²) in [6.45, 7) is 0.796. The molecule has 1 nitrogen and oxygen atoms in total. The Morgan fingerprint density at radius 3 is 2.71 bits per heavy atom. The number of hydrogen-bond donors (Lipinski definition) is 1. The van der Waals surface area contributed by atoms with Crippen molar-refractivity contribution >= 4 is 27.7 Å². The lowest BCUT2D eigenvalue weighted by Gasteiger charge is -2.04. The maximum Gasteiger partial charge on any atom is 0.0313 e. The van der Waals surface area contributed by atoms with Crippen LogP contribution in [0.1, 0.15) is 18.4 Å². The molecule has 0 heterocycles. The zero-order valence-electron chi connectivity index (χ0n) is 8.42. The second-order valence-corrected chi connectivity index (χ2v) is 4.92. The molecule has 0 fully saturated rings. The molecule has 1 rings (SSSR count). The van der Waals surface area contributed by atoms with Crippen molar-refractivity contribution in [2.45, 2.75) is 24.2 Å². The Hall–Kier alpha value is 0.01000. The number of rotatable bonds is 5. The van der Waals surface area contributed by atoms with Gasteiger partial charge in [-0.3, -0.25) is 0 Å². The Labute approximate surface area is 98.6 Å². The van der Waals surface area contributed by atoms with Crippen LogP contribution >= 0.6 is 27.7 Å². The Morgan fingerprint density at radius 1 is 1.36 bits per heavy atom. The van der Waals surface area contributed by atoms with E-state index in [4.69, 9.17) is 5.73 Å². The molecule has 0 saturated heterocycles. The fourth-order valence-electron chi connectivity index (χ4n) is 1.34. The molecule has 0 aliphatic rings. The Kier molecular flexibility index (Phi) is 5.60. The topological polar surface area (TPSA) is 26.0 Å². The van der Waals surface area contributed by atoms with Gasteiger partial charge >= 0.3 is 0 Å². The molecule has 0 bridgehead atoms. The van der Waals surface area contributed by atoms with E-state index >= 15 is 0 Å². The minimum absolute atomic E-state index is 0.796. The first kappa shape index (κ1) is 12.1. The number of halogens is 1. The second-order valence-electron chi connectivity index (χ2n) is 3.21. The molecule has 1 aromatic rings. The molecule has 0 unspecified atom stereocenters. The van der Waals surface area contributed by atoms with E-state index in [1.807, 2.05) is 0 Å². The molecular weight excluding hydrogens is 258 g/mol. The van der Waals surface area contributed by atoms with Gasteiger partial charge in [0.15, 0.2) is 0 Å². The van der Waals surface area contributed by atoms with E-state index in [1.54, 1.807) is 11.8 Å². The maximum atomic E-state index is 5.46. The summed E-state index contributed by atoms with van der Waals surface area (Å²) >= 11 is 5.34. The highest BCUT2D eigenvalue weighted by molar-refractivity contribution is 9.10. The van der Waals surface area contributed by atoms with Crippen LogP contribution in [0.15, 0.2) is 27.6 Å². The van der Waals surface area contributed by atoms with Crippen LogP contribution in [0.3, 0.4) is 0 Å². The Morgan fingerprint density at radius 2 is 2.14 bits per heavy atom. The summed E-state index contributed by atoms with van der Waals surface area (Å²) < 4.78 is 1.20. The molecule has 0 atom stereocenters. The predicted octanol–water partition coefficient (Wildman–Crippen LogP) is 3.45. The largest absolute Gasteiger partial charge is 0.330 e. The first-order valence-corrected chi connectivity index (χ1v) is 6.82. The van der Waals surface area contributed by atoms with Crippen molar-refractivity contribution in [2.24, 2.45) is 5.73 Å². The van der Waals surface area contributed by atoms with Crippen LogP contribution in [0, 0.1) is 0 Å². The maximum absolute atomic E-state index is 5.46. The summed E-state index contributed by atoms with van der Waals surface area (Å²) in [7, 11) is 0. The molecule has 0 amide bonds. The normalized spacial score (nSPS) is 10.5. The zero-order valence-corrected chi connectivity index (χ0v) is 10.8. The van der Waals surface area contributed by atoms with Gasteiger partial charge < -0.3 is 5.73 Å². The van der Waals surface area contributed by atoms with Crippen LogP contribution in [0.4, 0.5) is 0 Å². The van der Waals surface area contributed by atoms with Crippen molar-refractivity contribution in [1.29, 1.82) is 0 Å². The fraction of sp³-hybridized carbons (Fsp3) is 0.455. The molecule has 14 heavy (non-hydrogen) atoms. The standard InChI is InChI=1S/C11H16BrNS/c1-14-11-6-5-9(8-10(11)12)4-2-3-7-13/h5-6,8H,2-4,7,13H2,1H3. The average molecular weight is 274 g/mol. The van der Waals surface area contributed by atoms with Crippen LogP contribution in [-0.4, -0.2) is 12.8 Å². The highest BCUT2D eigenvalue weighted by Crippen LogP contribution is 2.26. The molecule has 0 aliphatic carbocycles. The lowest BCUT2D eigenvalue weighted by atomic mass is 10.1. The van der Waals surface area contributed by atoms with Crippen molar-refractivity contribution in [3.63, 3.8) is 0 Å². The summed E-state index contributed by atoms with van der Waals surface area (Å²) in [5, 5.41) is 0.